The summed E-state index contributed by atoms with van der Waals surface area (Å²) in [6.07, 6.45) is -0.983. The van der Waals surface area contributed by atoms with Gasteiger partial charge in [-0.3, -0.25) is 0 Å². The van der Waals surface area contributed by atoms with E-state index in [0.29, 0.717) is 5.02 Å². The summed E-state index contributed by atoms with van der Waals surface area (Å²) in [5.74, 6) is 0. The predicted octanol–water partition coefficient (Wildman–Crippen LogP) is 5.00. The normalized spacial score (nSPS) is 16.0. The van der Waals surface area contributed by atoms with Crippen molar-refractivity contribution in [1.82, 2.24) is 4.98 Å². The van der Waals surface area contributed by atoms with Crippen LogP contribution in [0.2, 0.25) is 5.02 Å². The Hall–Kier alpha value is -0.680. The second kappa shape index (κ2) is 6.08. The molecule has 3 nitrogen and oxygen atoms in total. The number of nitrogens with zero attached hydrogens (tertiary/aromatic N) is 1. The van der Waals surface area contributed by atoms with E-state index in [9.17, 15) is 5.11 Å². The third kappa shape index (κ3) is 3.62. The molecule has 1 N–H and O–H groups in total. The van der Waals surface area contributed by atoms with Crippen LogP contribution >= 0.6 is 22.9 Å². The second-order valence-electron chi connectivity index (χ2n) is 7.35. The quantitative estimate of drug-likeness (QED) is 0.796. The fourth-order valence-electron chi connectivity index (χ4n) is 1.92. The Morgan fingerprint density at radius 2 is 1.86 bits per heavy atom. The van der Waals surface area contributed by atoms with Gasteiger partial charge in [0.25, 0.3) is 0 Å². The molecule has 0 saturated carbocycles. The maximum atomic E-state index is 10.2. The van der Waals surface area contributed by atoms with Gasteiger partial charge in [0.15, 0.2) is 6.29 Å². The molecule has 0 fully saturated rings. The van der Waals surface area contributed by atoms with E-state index in [1.807, 2.05) is 45.9 Å². The van der Waals surface area contributed by atoms with Gasteiger partial charge < -0.3 is 9.84 Å². The van der Waals surface area contributed by atoms with E-state index in [1.165, 1.54) is 0 Å². The van der Waals surface area contributed by atoms with Crippen molar-refractivity contribution in [1.29, 1.82) is 0 Å². The van der Waals surface area contributed by atoms with Crippen LogP contribution in [0.3, 0.4) is 0 Å². The number of ether oxygens (including phenoxy) is 1. The van der Waals surface area contributed by atoms with Gasteiger partial charge in [-0.2, -0.15) is 0 Å². The number of aliphatic hydroxyl groups is 1. The van der Waals surface area contributed by atoms with Crippen LogP contribution in [0, 0.1) is 5.41 Å². The number of halogens is 1. The molecule has 0 amide bonds. The molecule has 1 heterocycles. The molecule has 0 aliphatic rings. The molecule has 1 aromatic heterocycles. The standard InChI is InChI=1S/C17H24ClNO2S/c1-10(21-15(20)16(2,3)4)17(5,6)14-19-12-8-7-11(18)9-13(12)22-14/h7-10,15,20H,1-6H3. The first kappa shape index (κ1) is 17.7. The highest BCUT2D eigenvalue weighted by Gasteiger charge is 2.36. The fraction of sp³-hybridized carbons (Fsp3) is 0.588. The lowest BCUT2D eigenvalue weighted by Crippen LogP contribution is -2.40. The van der Waals surface area contributed by atoms with Crippen LogP contribution in [-0.4, -0.2) is 22.5 Å². The average Bonchev–Trinajstić information content (AvgIpc) is 2.80. The molecule has 2 unspecified atom stereocenters. The van der Waals surface area contributed by atoms with Crippen molar-refractivity contribution >= 4 is 33.2 Å². The number of rotatable bonds is 4. The zero-order valence-corrected chi connectivity index (χ0v) is 15.5. The Morgan fingerprint density at radius 1 is 1.23 bits per heavy atom. The van der Waals surface area contributed by atoms with E-state index in [1.54, 1.807) is 11.3 Å². The maximum Gasteiger partial charge on any atom is 0.159 e. The Kier molecular flexibility index (Phi) is 4.88. The van der Waals surface area contributed by atoms with Crippen molar-refractivity contribution in [2.24, 2.45) is 5.41 Å². The number of aromatic nitrogens is 1. The third-order valence-electron chi connectivity index (χ3n) is 3.99. The number of hydrogen-bond acceptors (Lipinski definition) is 4. The predicted molar refractivity (Wildman–Crippen MR) is 93.7 cm³/mol. The first-order chi connectivity index (χ1) is 10.0. The molecule has 0 spiro atoms. The summed E-state index contributed by atoms with van der Waals surface area (Å²) in [4.78, 5) is 4.71. The molecule has 0 saturated heterocycles. The van der Waals surface area contributed by atoms with Crippen LogP contribution in [0.25, 0.3) is 10.2 Å². The molecule has 0 radical (unpaired) electrons. The summed E-state index contributed by atoms with van der Waals surface area (Å²) in [6, 6.07) is 5.72. The Balaban J connectivity index is 2.27. The SMILES string of the molecule is CC(OC(O)C(C)(C)C)C(C)(C)c1nc2ccc(Cl)cc2s1. The number of hydrogen-bond donors (Lipinski definition) is 1. The summed E-state index contributed by atoms with van der Waals surface area (Å²) in [6.45, 7) is 12.0. The van der Waals surface area contributed by atoms with Gasteiger partial charge in [-0.05, 0) is 25.1 Å². The average molecular weight is 342 g/mol. The molecule has 2 atom stereocenters. The first-order valence-corrected chi connectivity index (χ1v) is 8.61. The molecule has 0 aliphatic carbocycles. The largest absolute Gasteiger partial charge is 0.367 e. The van der Waals surface area contributed by atoms with Crippen molar-refractivity contribution < 1.29 is 9.84 Å². The lowest BCUT2D eigenvalue weighted by molar-refractivity contribution is -0.195. The number of fused-ring (bicyclic) bond motifs is 1. The van der Waals surface area contributed by atoms with Gasteiger partial charge >= 0.3 is 0 Å². The fourth-order valence-corrected chi connectivity index (χ4v) is 3.34. The molecule has 0 bridgehead atoms. The van der Waals surface area contributed by atoms with Crippen molar-refractivity contribution in [2.75, 3.05) is 0 Å². The highest BCUT2D eigenvalue weighted by molar-refractivity contribution is 7.18. The van der Waals surface area contributed by atoms with Gasteiger partial charge in [0, 0.05) is 15.9 Å². The highest BCUT2D eigenvalue weighted by atomic mass is 35.5. The number of thiazole rings is 1. The van der Waals surface area contributed by atoms with Crippen molar-refractivity contribution in [3.63, 3.8) is 0 Å². The minimum absolute atomic E-state index is 0.169. The van der Waals surface area contributed by atoms with E-state index in [2.05, 4.69) is 13.8 Å². The van der Waals surface area contributed by atoms with E-state index in [-0.39, 0.29) is 16.9 Å². The van der Waals surface area contributed by atoms with Gasteiger partial charge in [-0.15, -0.1) is 11.3 Å². The van der Waals surface area contributed by atoms with E-state index < -0.39 is 6.29 Å². The lowest BCUT2D eigenvalue weighted by atomic mass is 9.87. The van der Waals surface area contributed by atoms with Crippen molar-refractivity contribution in [3.05, 3.63) is 28.2 Å². The van der Waals surface area contributed by atoms with Crippen LogP contribution in [0.15, 0.2) is 18.2 Å². The molecule has 22 heavy (non-hydrogen) atoms. The summed E-state index contributed by atoms with van der Waals surface area (Å²) in [5, 5.41) is 11.9. The van der Waals surface area contributed by atoms with E-state index in [4.69, 9.17) is 21.3 Å². The molecule has 2 aromatic rings. The monoisotopic (exact) mass is 341 g/mol. The Labute approximate surface area is 141 Å². The minimum atomic E-state index is -0.814. The molecule has 1 aromatic carbocycles. The Morgan fingerprint density at radius 3 is 2.45 bits per heavy atom. The van der Waals surface area contributed by atoms with Gasteiger partial charge in [0.2, 0.25) is 0 Å². The van der Waals surface area contributed by atoms with Gasteiger partial charge in [-0.25, -0.2) is 4.98 Å². The smallest absolute Gasteiger partial charge is 0.159 e. The summed E-state index contributed by atoms with van der Waals surface area (Å²) in [7, 11) is 0. The molecule has 122 valence electrons. The van der Waals surface area contributed by atoms with Crippen LogP contribution in [0.4, 0.5) is 0 Å². The summed E-state index contributed by atoms with van der Waals surface area (Å²) < 4.78 is 6.92. The van der Waals surface area contributed by atoms with Crippen LogP contribution in [0.1, 0.15) is 46.6 Å². The van der Waals surface area contributed by atoms with Crippen molar-refractivity contribution in [2.45, 2.75) is 59.4 Å². The van der Waals surface area contributed by atoms with Crippen LogP contribution < -0.4 is 0 Å². The minimum Gasteiger partial charge on any atom is -0.367 e. The Bertz CT molecular complexity index is 660. The summed E-state index contributed by atoms with van der Waals surface area (Å²) in [5.41, 5.74) is 0.328. The lowest BCUT2D eigenvalue weighted by Gasteiger charge is -2.35. The van der Waals surface area contributed by atoms with Gasteiger partial charge in [0.1, 0.15) is 5.01 Å². The van der Waals surface area contributed by atoms with Crippen molar-refractivity contribution in [3.8, 4) is 0 Å². The molecule has 2 rings (SSSR count). The topological polar surface area (TPSA) is 42.4 Å². The third-order valence-corrected chi connectivity index (χ3v) is 5.58. The molecule has 5 heteroatoms. The van der Waals surface area contributed by atoms with E-state index >= 15 is 0 Å². The zero-order valence-electron chi connectivity index (χ0n) is 14.0. The second-order valence-corrected chi connectivity index (χ2v) is 8.82. The van der Waals surface area contributed by atoms with E-state index in [0.717, 1.165) is 15.2 Å². The molecular weight excluding hydrogens is 318 g/mol. The zero-order chi connectivity index (χ0) is 16.7. The first-order valence-electron chi connectivity index (χ1n) is 7.42. The van der Waals surface area contributed by atoms with Gasteiger partial charge in [-0.1, -0.05) is 46.2 Å². The highest BCUT2D eigenvalue weighted by Crippen LogP contribution is 2.37. The van der Waals surface area contributed by atoms with Gasteiger partial charge in [0.05, 0.1) is 16.3 Å². The number of benzene rings is 1. The molecule has 0 aliphatic heterocycles. The maximum absolute atomic E-state index is 10.2. The van der Waals surface area contributed by atoms with Crippen LogP contribution in [-0.2, 0) is 10.2 Å². The summed E-state index contributed by atoms with van der Waals surface area (Å²) >= 11 is 7.67. The number of aliphatic hydroxyl groups excluding tert-OH is 1. The van der Waals surface area contributed by atoms with Crippen LogP contribution in [0.5, 0.6) is 0 Å². The molecular formula is C17H24ClNO2S.